The normalized spacial score (nSPS) is 24.8. The van der Waals surface area contributed by atoms with Crippen LogP contribution in [-0.4, -0.2) is 59.9 Å². The van der Waals surface area contributed by atoms with Gasteiger partial charge >= 0.3 is 5.97 Å². The van der Waals surface area contributed by atoms with E-state index < -0.39 is 23.4 Å². The van der Waals surface area contributed by atoms with Crippen LogP contribution in [0.5, 0.6) is 11.5 Å². The number of hydrogen-bond donors (Lipinski definition) is 2. The molecule has 178 valence electrons. The molecule has 2 fully saturated rings. The fourth-order valence-electron chi connectivity index (χ4n) is 4.74. The SMILES string of the molecule is CCCC(CC(=O)O)C(=O)N1C[C@@H](c2ccc(OC)c(OCC3CC3)c2)[C@](C)([C@@H](C)O)C1. The Balaban J connectivity index is 1.86. The van der Waals surface area contributed by atoms with E-state index in [9.17, 15) is 19.8 Å². The van der Waals surface area contributed by atoms with Crippen LogP contribution in [0.15, 0.2) is 18.2 Å². The fourth-order valence-corrected chi connectivity index (χ4v) is 4.74. The highest BCUT2D eigenvalue weighted by Gasteiger charge is 2.49. The zero-order valence-electron chi connectivity index (χ0n) is 19.7. The number of carbonyl (C=O) groups is 2. The first-order chi connectivity index (χ1) is 15.2. The van der Waals surface area contributed by atoms with Gasteiger partial charge in [-0.1, -0.05) is 26.3 Å². The van der Waals surface area contributed by atoms with E-state index in [0.29, 0.717) is 43.5 Å². The summed E-state index contributed by atoms with van der Waals surface area (Å²) in [5.74, 6) is 0.222. The molecule has 1 unspecified atom stereocenters. The minimum Gasteiger partial charge on any atom is -0.493 e. The van der Waals surface area contributed by atoms with Gasteiger partial charge in [0.2, 0.25) is 5.91 Å². The Labute approximate surface area is 190 Å². The summed E-state index contributed by atoms with van der Waals surface area (Å²) < 4.78 is 11.5. The molecule has 0 radical (unpaired) electrons. The van der Waals surface area contributed by atoms with Gasteiger partial charge in [0.15, 0.2) is 11.5 Å². The summed E-state index contributed by atoms with van der Waals surface area (Å²) in [5.41, 5.74) is 0.429. The molecular weight excluding hydrogens is 410 g/mol. The van der Waals surface area contributed by atoms with Crippen molar-refractivity contribution in [2.45, 2.75) is 64.9 Å². The highest BCUT2D eigenvalue weighted by molar-refractivity contribution is 5.83. The first kappa shape index (κ1) is 24.4. The first-order valence-corrected chi connectivity index (χ1v) is 11.7. The molecule has 1 aliphatic heterocycles. The van der Waals surface area contributed by atoms with Gasteiger partial charge in [-0.3, -0.25) is 9.59 Å². The number of ether oxygens (including phenoxy) is 2. The van der Waals surface area contributed by atoms with Crippen LogP contribution in [-0.2, 0) is 9.59 Å². The lowest BCUT2D eigenvalue weighted by Gasteiger charge is -2.34. The lowest BCUT2D eigenvalue weighted by molar-refractivity contribution is -0.144. The molecule has 0 spiro atoms. The summed E-state index contributed by atoms with van der Waals surface area (Å²) in [6.45, 7) is 7.20. The van der Waals surface area contributed by atoms with Crippen molar-refractivity contribution in [3.8, 4) is 11.5 Å². The number of carbonyl (C=O) groups excluding carboxylic acids is 1. The summed E-state index contributed by atoms with van der Waals surface area (Å²) in [6.07, 6.45) is 2.86. The molecule has 0 bridgehead atoms. The standard InChI is InChI=1S/C25H37NO6/c1-5-6-19(12-23(28)29)24(30)26-13-20(25(3,15-26)16(2)27)18-9-10-21(31-4)22(11-18)32-14-17-7-8-17/h9-11,16-17,19-20,27H,5-8,12-15H2,1-4H3,(H,28,29)/t16-,19?,20+,25+/m1/s1. The minimum atomic E-state index is -0.960. The van der Waals surface area contributed by atoms with Crippen molar-refractivity contribution in [2.75, 3.05) is 26.8 Å². The predicted octanol–water partition coefficient (Wildman–Crippen LogP) is 3.69. The summed E-state index contributed by atoms with van der Waals surface area (Å²) in [7, 11) is 1.62. The number of benzene rings is 1. The lowest BCUT2D eigenvalue weighted by Crippen LogP contribution is -2.40. The van der Waals surface area contributed by atoms with Gasteiger partial charge in [-0.15, -0.1) is 0 Å². The van der Waals surface area contributed by atoms with Gasteiger partial charge in [-0.2, -0.15) is 0 Å². The lowest BCUT2D eigenvalue weighted by atomic mass is 9.72. The van der Waals surface area contributed by atoms with Gasteiger partial charge < -0.3 is 24.6 Å². The van der Waals surface area contributed by atoms with Crippen LogP contribution in [0, 0.1) is 17.3 Å². The van der Waals surface area contributed by atoms with Gasteiger partial charge in [0.05, 0.1) is 26.2 Å². The first-order valence-electron chi connectivity index (χ1n) is 11.7. The number of aliphatic hydroxyl groups is 1. The molecule has 1 saturated carbocycles. The molecule has 1 aliphatic carbocycles. The van der Waals surface area contributed by atoms with E-state index in [0.717, 1.165) is 12.0 Å². The summed E-state index contributed by atoms with van der Waals surface area (Å²) in [4.78, 5) is 26.3. The maximum Gasteiger partial charge on any atom is 0.304 e. The van der Waals surface area contributed by atoms with Crippen molar-refractivity contribution >= 4 is 11.9 Å². The number of amides is 1. The third-order valence-corrected chi connectivity index (χ3v) is 7.17. The highest BCUT2D eigenvalue weighted by atomic mass is 16.5. The topological polar surface area (TPSA) is 96.3 Å². The molecule has 2 N–H and O–H groups in total. The number of aliphatic carboxylic acids is 1. The number of carboxylic acids is 1. The number of carboxylic acid groups (broad SMARTS) is 1. The van der Waals surface area contributed by atoms with Gasteiger partial charge in [-0.25, -0.2) is 0 Å². The van der Waals surface area contributed by atoms with Crippen molar-refractivity contribution in [1.82, 2.24) is 4.90 Å². The number of methoxy groups -OCH3 is 1. The average Bonchev–Trinajstić information content (AvgIpc) is 3.51. The quantitative estimate of drug-likeness (QED) is 0.537. The van der Waals surface area contributed by atoms with Crippen molar-refractivity contribution in [3.05, 3.63) is 23.8 Å². The number of rotatable bonds is 11. The average molecular weight is 448 g/mol. The largest absolute Gasteiger partial charge is 0.493 e. The van der Waals surface area contributed by atoms with Gasteiger partial charge in [0.25, 0.3) is 0 Å². The van der Waals surface area contributed by atoms with Crippen LogP contribution in [0.2, 0.25) is 0 Å². The number of aliphatic hydroxyl groups excluding tert-OH is 1. The van der Waals surface area contributed by atoms with Crippen LogP contribution in [0.25, 0.3) is 0 Å². The van der Waals surface area contributed by atoms with Crippen LogP contribution < -0.4 is 9.47 Å². The summed E-state index contributed by atoms with van der Waals surface area (Å²) in [5, 5.41) is 20.0. The minimum absolute atomic E-state index is 0.104. The number of likely N-dealkylation sites (tertiary alicyclic amines) is 1. The van der Waals surface area contributed by atoms with E-state index in [2.05, 4.69) is 0 Å². The van der Waals surface area contributed by atoms with E-state index in [-0.39, 0.29) is 18.2 Å². The molecule has 0 aromatic heterocycles. The maximum atomic E-state index is 13.2. The van der Waals surface area contributed by atoms with E-state index in [1.807, 2.05) is 32.0 Å². The molecule has 1 amide bonds. The Hall–Kier alpha value is -2.28. The second-order valence-corrected chi connectivity index (χ2v) is 9.70. The second-order valence-electron chi connectivity index (χ2n) is 9.70. The van der Waals surface area contributed by atoms with Crippen molar-refractivity contribution in [3.63, 3.8) is 0 Å². The van der Waals surface area contributed by atoms with Crippen molar-refractivity contribution < 1.29 is 29.3 Å². The zero-order chi connectivity index (χ0) is 23.5. The summed E-state index contributed by atoms with van der Waals surface area (Å²) >= 11 is 0. The number of hydrogen-bond acceptors (Lipinski definition) is 5. The van der Waals surface area contributed by atoms with Crippen molar-refractivity contribution in [1.29, 1.82) is 0 Å². The molecule has 2 aliphatic rings. The molecule has 1 aromatic rings. The molecule has 4 atom stereocenters. The van der Waals surface area contributed by atoms with E-state index in [1.165, 1.54) is 12.8 Å². The van der Waals surface area contributed by atoms with Crippen molar-refractivity contribution in [2.24, 2.45) is 17.3 Å². The van der Waals surface area contributed by atoms with Gasteiger partial charge in [0, 0.05) is 30.3 Å². The monoisotopic (exact) mass is 447 g/mol. The van der Waals surface area contributed by atoms with Crippen LogP contribution >= 0.6 is 0 Å². The fraction of sp³-hybridized carbons (Fsp3) is 0.680. The Morgan fingerprint density at radius 2 is 2.00 bits per heavy atom. The van der Waals surface area contributed by atoms with Crippen LogP contribution in [0.1, 0.15) is 64.4 Å². The molecule has 32 heavy (non-hydrogen) atoms. The second kappa shape index (κ2) is 10.1. The zero-order valence-corrected chi connectivity index (χ0v) is 19.7. The Kier molecular flexibility index (Phi) is 7.70. The third-order valence-electron chi connectivity index (χ3n) is 7.17. The van der Waals surface area contributed by atoms with Crippen LogP contribution in [0.4, 0.5) is 0 Å². The Morgan fingerprint density at radius 3 is 2.56 bits per heavy atom. The van der Waals surface area contributed by atoms with E-state index in [4.69, 9.17) is 9.47 Å². The Morgan fingerprint density at radius 1 is 1.28 bits per heavy atom. The summed E-state index contributed by atoms with van der Waals surface area (Å²) in [6, 6.07) is 5.83. The third kappa shape index (κ3) is 5.37. The maximum absolute atomic E-state index is 13.2. The highest BCUT2D eigenvalue weighted by Crippen LogP contribution is 2.47. The molecule has 3 rings (SSSR count). The molecular formula is C25H37NO6. The smallest absolute Gasteiger partial charge is 0.304 e. The molecule has 1 aromatic carbocycles. The predicted molar refractivity (Wildman–Crippen MR) is 121 cm³/mol. The molecule has 7 heteroatoms. The van der Waals surface area contributed by atoms with E-state index >= 15 is 0 Å². The van der Waals surface area contributed by atoms with E-state index in [1.54, 1.807) is 18.9 Å². The van der Waals surface area contributed by atoms with Crippen LogP contribution in [0.3, 0.4) is 0 Å². The molecule has 1 saturated heterocycles. The van der Waals surface area contributed by atoms with Gasteiger partial charge in [-0.05, 0) is 49.8 Å². The molecule has 7 nitrogen and oxygen atoms in total. The number of nitrogens with zero attached hydrogens (tertiary/aromatic N) is 1. The van der Waals surface area contributed by atoms with Gasteiger partial charge in [0.1, 0.15) is 0 Å². The molecule has 1 heterocycles. The Bertz CT molecular complexity index is 821.